The Morgan fingerprint density at radius 3 is 2.56 bits per heavy atom. The summed E-state index contributed by atoms with van der Waals surface area (Å²) in [5.74, 6) is 0.240. The van der Waals surface area contributed by atoms with E-state index < -0.39 is 11.6 Å². The van der Waals surface area contributed by atoms with E-state index >= 15 is 0 Å². The number of rotatable bonds is 5. The van der Waals surface area contributed by atoms with E-state index in [1.54, 1.807) is 20.1 Å². The van der Waals surface area contributed by atoms with E-state index in [2.05, 4.69) is 0 Å². The molecule has 1 fully saturated rings. The van der Waals surface area contributed by atoms with Crippen LogP contribution in [-0.4, -0.2) is 35.5 Å². The van der Waals surface area contributed by atoms with Gasteiger partial charge < -0.3 is 14.4 Å². The molecule has 27 heavy (non-hydrogen) atoms. The first-order valence-electron chi connectivity index (χ1n) is 9.25. The van der Waals surface area contributed by atoms with Crippen LogP contribution in [0.5, 0.6) is 5.75 Å². The summed E-state index contributed by atoms with van der Waals surface area (Å²) in [4.78, 5) is 27.7. The van der Waals surface area contributed by atoms with Gasteiger partial charge in [-0.2, -0.15) is 0 Å². The van der Waals surface area contributed by atoms with Crippen LogP contribution in [0.15, 0.2) is 48.5 Å². The van der Waals surface area contributed by atoms with Crippen molar-refractivity contribution in [2.45, 2.75) is 44.4 Å². The lowest BCUT2D eigenvalue weighted by Gasteiger charge is -2.37. The molecule has 5 heteroatoms. The number of ether oxygens (including phenoxy) is 2. The summed E-state index contributed by atoms with van der Waals surface area (Å²) >= 11 is 0. The monoisotopic (exact) mass is 365 g/mol. The molecule has 0 N–H and O–H groups in total. The maximum absolute atomic E-state index is 13.4. The van der Waals surface area contributed by atoms with Crippen molar-refractivity contribution in [1.82, 2.24) is 4.90 Å². The largest absolute Gasteiger partial charge is 0.497 e. The Labute approximate surface area is 158 Å². The van der Waals surface area contributed by atoms with E-state index in [9.17, 15) is 9.59 Å². The van der Waals surface area contributed by atoms with Gasteiger partial charge in [-0.05, 0) is 49.1 Å². The normalized spacial score (nSPS) is 21.2. The third-order valence-electron chi connectivity index (χ3n) is 5.30. The average molecular weight is 365 g/mol. The molecule has 1 unspecified atom stereocenters. The first-order chi connectivity index (χ1) is 13.0. The van der Waals surface area contributed by atoms with Crippen molar-refractivity contribution in [2.24, 2.45) is 0 Å². The van der Waals surface area contributed by atoms with Crippen LogP contribution in [0.3, 0.4) is 0 Å². The Morgan fingerprint density at radius 1 is 1.19 bits per heavy atom. The molecule has 4 rings (SSSR count). The Morgan fingerprint density at radius 2 is 1.89 bits per heavy atom. The standard InChI is InChI=1S/C22H23NO4/c1-22(13-16-5-3-4-6-19(16)20(24)27-22)21(25)23(17-9-10-17)14-15-7-11-18(26-2)12-8-15/h3-8,11-12,17H,9-10,13-14H2,1-2H3. The van der Waals surface area contributed by atoms with Crippen LogP contribution in [0.2, 0.25) is 0 Å². The van der Waals surface area contributed by atoms with E-state index in [0.29, 0.717) is 18.5 Å². The molecule has 1 heterocycles. The summed E-state index contributed by atoms with van der Waals surface area (Å²) in [5.41, 5.74) is 1.28. The lowest BCUT2D eigenvalue weighted by molar-refractivity contribution is -0.152. The maximum Gasteiger partial charge on any atom is 0.339 e. The van der Waals surface area contributed by atoms with E-state index in [0.717, 1.165) is 29.7 Å². The molecule has 2 aromatic rings. The summed E-state index contributed by atoms with van der Waals surface area (Å²) in [6.45, 7) is 2.23. The van der Waals surface area contributed by atoms with Crippen molar-refractivity contribution in [3.8, 4) is 5.75 Å². The lowest BCUT2D eigenvalue weighted by atomic mass is 9.88. The molecule has 1 atom stereocenters. The molecule has 1 saturated carbocycles. The van der Waals surface area contributed by atoms with Crippen molar-refractivity contribution < 1.29 is 19.1 Å². The number of cyclic esters (lactones) is 1. The Kier molecular flexibility index (Phi) is 4.38. The number of amides is 1. The molecule has 2 aromatic carbocycles. The number of hydrogen-bond acceptors (Lipinski definition) is 4. The van der Waals surface area contributed by atoms with Gasteiger partial charge in [-0.3, -0.25) is 4.79 Å². The second-order valence-electron chi connectivity index (χ2n) is 7.47. The Bertz CT molecular complexity index is 872. The first-order valence-corrected chi connectivity index (χ1v) is 9.25. The minimum Gasteiger partial charge on any atom is -0.497 e. The quantitative estimate of drug-likeness (QED) is 0.763. The molecule has 1 aliphatic heterocycles. The molecule has 140 valence electrons. The summed E-state index contributed by atoms with van der Waals surface area (Å²) in [6.07, 6.45) is 2.38. The van der Waals surface area contributed by atoms with Crippen LogP contribution >= 0.6 is 0 Å². The zero-order valence-electron chi connectivity index (χ0n) is 15.6. The van der Waals surface area contributed by atoms with Crippen LogP contribution < -0.4 is 4.74 Å². The van der Waals surface area contributed by atoms with Crippen LogP contribution in [-0.2, 0) is 22.5 Å². The lowest BCUT2D eigenvalue weighted by Crippen LogP contribution is -2.53. The van der Waals surface area contributed by atoms with Crippen LogP contribution in [0.25, 0.3) is 0 Å². The minimum atomic E-state index is -1.17. The molecule has 5 nitrogen and oxygen atoms in total. The van der Waals surface area contributed by atoms with Gasteiger partial charge in [-0.25, -0.2) is 4.79 Å². The van der Waals surface area contributed by atoms with Gasteiger partial charge in [0.25, 0.3) is 5.91 Å². The van der Waals surface area contributed by atoms with Crippen molar-refractivity contribution in [3.05, 3.63) is 65.2 Å². The second kappa shape index (κ2) is 6.72. The van der Waals surface area contributed by atoms with E-state index in [-0.39, 0.29) is 11.9 Å². The van der Waals surface area contributed by atoms with Crippen molar-refractivity contribution in [1.29, 1.82) is 0 Å². The number of methoxy groups -OCH3 is 1. The van der Waals surface area contributed by atoms with Gasteiger partial charge in [0.15, 0.2) is 5.60 Å². The number of fused-ring (bicyclic) bond motifs is 1. The summed E-state index contributed by atoms with van der Waals surface area (Å²) < 4.78 is 10.8. The second-order valence-corrected chi connectivity index (χ2v) is 7.47. The average Bonchev–Trinajstić information content (AvgIpc) is 3.51. The summed E-state index contributed by atoms with van der Waals surface area (Å²) in [6, 6.07) is 15.3. The molecule has 1 amide bonds. The fourth-order valence-corrected chi connectivity index (χ4v) is 3.64. The highest BCUT2D eigenvalue weighted by molar-refractivity contribution is 5.97. The Hall–Kier alpha value is -2.82. The predicted octanol–water partition coefficient (Wildman–Crippen LogP) is 3.36. The van der Waals surface area contributed by atoms with Gasteiger partial charge in [0, 0.05) is 19.0 Å². The highest BCUT2D eigenvalue weighted by Crippen LogP contribution is 2.35. The highest BCUT2D eigenvalue weighted by Gasteiger charge is 2.47. The molecule has 0 radical (unpaired) electrons. The van der Waals surface area contributed by atoms with E-state index in [4.69, 9.17) is 9.47 Å². The molecule has 2 aliphatic rings. The SMILES string of the molecule is COc1ccc(CN(C(=O)C2(C)Cc3ccccc3C(=O)O2)C2CC2)cc1. The number of benzene rings is 2. The Balaban J connectivity index is 1.58. The smallest absolute Gasteiger partial charge is 0.339 e. The predicted molar refractivity (Wildman–Crippen MR) is 101 cm³/mol. The third-order valence-corrected chi connectivity index (χ3v) is 5.30. The number of esters is 1. The van der Waals surface area contributed by atoms with Gasteiger partial charge in [0.05, 0.1) is 12.7 Å². The maximum atomic E-state index is 13.4. The highest BCUT2D eigenvalue weighted by atomic mass is 16.6. The fourth-order valence-electron chi connectivity index (χ4n) is 3.64. The summed E-state index contributed by atoms with van der Waals surface area (Å²) in [5, 5.41) is 0. The fraction of sp³-hybridized carbons (Fsp3) is 0.364. The molecule has 0 bridgehead atoms. The van der Waals surface area contributed by atoms with Crippen LogP contribution in [0, 0.1) is 0 Å². The van der Waals surface area contributed by atoms with Crippen molar-refractivity contribution in [3.63, 3.8) is 0 Å². The number of carbonyl (C=O) groups is 2. The van der Waals surface area contributed by atoms with Crippen LogP contribution in [0.4, 0.5) is 0 Å². The molecular formula is C22H23NO4. The number of hydrogen-bond donors (Lipinski definition) is 0. The van der Waals surface area contributed by atoms with E-state index in [1.165, 1.54) is 0 Å². The number of carbonyl (C=O) groups excluding carboxylic acids is 2. The first kappa shape index (κ1) is 17.6. The topological polar surface area (TPSA) is 55.8 Å². The zero-order chi connectivity index (χ0) is 19.0. The molecule has 0 aromatic heterocycles. The van der Waals surface area contributed by atoms with Gasteiger partial charge in [0.1, 0.15) is 5.75 Å². The van der Waals surface area contributed by atoms with Crippen LogP contribution in [0.1, 0.15) is 41.3 Å². The van der Waals surface area contributed by atoms with Gasteiger partial charge in [0.2, 0.25) is 0 Å². The number of nitrogens with zero attached hydrogens (tertiary/aromatic N) is 1. The molecular weight excluding hydrogens is 342 g/mol. The van der Waals surface area contributed by atoms with Crippen molar-refractivity contribution in [2.75, 3.05) is 7.11 Å². The third kappa shape index (κ3) is 3.42. The van der Waals surface area contributed by atoms with Crippen molar-refractivity contribution >= 4 is 11.9 Å². The van der Waals surface area contributed by atoms with Gasteiger partial charge in [-0.1, -0.05) is 30.3 Å². The molecule has 0 spiro atoms. The van der Waals surface area contributed by atoms with Gasteiger partial charge in [-0.15, -0.1) is 0 Å². The zero-order valence-corrected chi connectivity index (χ0v) is 15.6. The summed E-state index contributed by atoms with van der Waals surface area (Å²) in [7, 11) is 1.63. The molecule has 0 saturated heterocycles. The van der Waals surface area contributed by atoms with Gasteiger partial charge >= 0.3 is 5.97 Å². The minimum absolute atomic E-state index is 0.122. The molecule has 1 aliphatic carbocycles. The van der Waals surface area contributed by atoms with E-state index in [1.807, 2.05) is 47.4 Å².